The number of nitrogens with zero attached hydrogens (tertiary/aromatic N) is 2. The van der Waals surface area contributed by atoms with Crippen LogP contribution in [-0.2, 0) is 14.3 Å². The summed E-state index contributed by atoms with van der Waals surface area (Å²) in [6, 6.07) is 0. The first kappa shape index (κ1) is 19.3. The van der Waals surface area contributed by atoms with Crippen molar-refractivity contribution in [3.63, 3.8) is 0 Å². The van der Waals surface area contributed by atoms with Gasteiger partial charge in [0.25, 0.3) is 0 Å². The maximum atomic E-state index is 12.5. The molecule has 0 saturated heterocycles. The maximum Gasteiger partial charge on any atom is 0.307 e. The Morgan fingerprint density at radius 3 is 2.39 bits per heavy atom. The van der Waals surface area contributed by atoms with E-state index in [4.69, 9.17) is 0 Å². The van der Waals surface area contributed by atoms with E-state index < -0.39 is 0 Å². The predicted octanol–water partition coefficient (Wildman–Crippen LogP) is 0.753. The summed E-state index contributed by atoms with van der Waals surface area (Å²) in [5.41, 5.74) is -0.381. The van der Waals surface area contributed by atoms with Gasteiger partial charge in [-0.25, -0.2) is 0 Å². The first-order valence-electron chi connectivity index (χ1n) is 8.26. The van der Waals surface area contributed by atoms with Crippen molar-refractivity contribution < 1.29 is 14.3 Å². The van der Waals surface area contributed by atoms with Gasteiger partial charge in [0.15, 0.2) is 5.96 Å². The minimum atomic E-state index is -0.381. The molecule has 1 aliphatic carbocycles. The fourth-order valence-corrected chi connectivity index (χ4v) is 2.92. The van der Waals surface area contributed by atoms with E-state index in [9.17, 15) is 9.59 Å². The van der Waals surface area contributed by atoms with Gasteiger partial charge in [-0.2, -0.15) is 0 Å². The minimum Gasteiger partial charge on any atom is -0.469 e. The number of hydrogen-bond donors (Lipinski definition) is 2. The quantitative estimate of drug-likeness (QED) is 0.410. The Balaban J connectivity index is 2.69. The van der Waals surface area contributed by atoms with Crippen LogP contribution in [0.4, 0.5) is 0 Å². The summed E-state index contributed by atoms with van der Waals surface area (Å²) in [6.07, 6.45) is 4.19. The number of esters is 1. The maximum absolute atomic E-state index is 12.5. The molecular formula is C16H30N4O3. The third kappa shape index (κ3) is 5.73. The van der Waals surface area contributed by atoms with Crippen molar-refractivity contribution in [3.05, 3.63) is 0 Å². The van der Waals surface area contributed by atoms with Crippen LogP contribution in [0.2, 0.25) is 0 Å². The summed E-state index contributed by atoms with van der Waals surface area (Å²) in [7, 11) is 4.97. The Kier molecular flexibility index (Phi) is 7.85. The lowest BCUT2D eigenvalue weighted by Gasteiger charge is -2.29. The van der Waals surface area contributed by atoms with Crippen LogP contribution >= 0.6 is 0 Å². The number of amides is 1. The topological polar surface area (TPSA) is 83.0 Å². The lowest BCUT2D eigenvalue weighted by Crippen LogP contribution is -2.43. The Hall–Kier alpha value is -1.79. The molecule has 7 heteroatoms. The van der Waals surface area contributed by atoms with E-state index in [1.54, 1.807) is 19.0 Å². The number of nitrogens with one attached hydrogen (secondary N) is 2. The smallest absolute Gasteiger partial charge is 0.307 e. The Labute approximate surface area is 138 Å². The van der Waals surface area contributed by atoms with Crippen molar-refractivity contribution in [3.8, 4) is 0 Å². The zero-order valence-electron chi connectivity index (χ0n) is 14.8. The molecule has 2 N–H and O–H groups in total. The zero-order chi connectivity index (χ0) is 17.3. The van der Waals surface area contributed by atoms with Crippen LogP contribution in [0.3, 0.4) is 0 Å². The van der Waals surface area contributed by atoms with Crippen molar-refractivity contribution in [1.29, 1.82) is 0 Å². The summed E-state index contributed by atoms with van der Waals surface area (Å²) >= 11 is 0. The fraction of sp³-hybridized carbons (Fsp3) is 0.812. The second kappa shape index (κ2) is 9.37. The molecule has 1 fully saturated rings. The molecule has 23 heavy (non-hydrogen) atoms. The molecule has 0 aromatic carbocycles. The normalized spacial score (nSPS) is 16.8. The number of methoxy groups -OCH3 is 1. The van der Waals surface area contributed by atoms with Gasteiger partial charge in [-0.3, -0.25) is 14.6 Å². The molecule has 0 aliphatic heterocycles. The average molecular weight is 326 g/mol. The van der Waals surface area contributed by atoms with Gasteiger partial charge < -0.3 is 20.3 Å². The standard InChI is InChI=1S/C16H30N4O3/c1-5-17-15(18-11-8-13(21)23-4)19-12-16(9-6-7-10-16)14(22)20(2)3/h5-12H2,1-4H3,(H2,17,18,19). The van der Waals surface area contributed by atoms with Crippen LogP contribution in [0.15, 0.2) is 4.99 Å². The van der Waals surface area contributed by atoms with E-state index >= 15 is 0 Å². The van der Waals surface area contributed by atoms with Gasteiger partial charge in [0.1, 0.15) is 0 Å². The van der Waals surface area contributed by atoms with E-state index in [1.165, 1.54) is 7.11 Å². The Morgan fingerprint density at radius 1 is 1.22 bits per heavy atom. The van der Waals surface area contributed by atoms with Gasteiger partial charge in [-0.15, -0.1) is 0 Å². The van der Waals surface area contributed by atoms with Gasteiger partial charge in [0.05, 0.1) is 25.5 Å². The number of rotatable bonds is 7. The first-order chi connectivity index (χ1) is 10.9. The van der Waals surface area contributed by atoms with Crippen molar-refractivity contribution >= 4 is 17.8 Å². The number of aliphatic imine (C=N–C) groups is 1. The second-order valence-electron chi connectivity index (χ2n) is 6.14. The van der Waals surface area contributed by atoms with E-state index in [2.05, 4.69) is 20.4 Å². The molecule has 0 heterocycles. The second-order valence-corrected chi connectivity index (χ2v) is 6.14. The molecule has 132 valence electrons. The predicted molar refractivity (Wildman–Crippen MR) is 90.2 cm³/mol. The highest BCUT2D eigenvalue weighted by molar-refractivity contribution is 5.84. The van der Waals surface area contributed by atoms with E-state index in [0.29, 0.717) is 19.0 Å². The molecule has 0 aromatic heterocycles. The van der Waals surface area contributed by atoms with Crippen molar-refractivity contribution in [2.24, 2.45) is 10.4 Å². The molecule has 0 unspecified atom stereocenters. The molecule has 0 radical (unpaired) electrons. The van der Waals surface area contributed by atoms with Gasteiger partial charge in [-0.05, 0) is 19.8 Å². The number of hydrogen-bond acceptors (Lipinski definition) is 4. The van der Waals surface area contributed by atoms with E-state index in [-0.39, 0.29) is 23.7 Å². The lowest BCUT2D eigenvalue weighted by molar-refractivity contribution is -0.140. The largest absolute Gasteiger partial charge is 0.469 e. The Morgan fingerprint density at radius 2 is 1.87 bits per heavy atom. The molecule has 1 saturated carbocycles. The van der Waals surface area contributed by atoms with Crippen molar-refractivity contribution in [1.82, 2.24) is 15.5 Å². The monoisotopic (exact) mass is 326 g/mol. The van der Waals surface area contributed by atoms with Crippen LogP contribution in [0.1, 0.15) is 39.0 Å². The SMILES string of the molecule is CCNC(=NCC1(C(=O)N(C)C)CCCC1)NCCC(=O)OC. The molecule has 0 aromatic rings. The molecule has 1 rings (SSSR count). The van der Waals surface area contributed by atoms with Gasteiger partial charge in [0.2, 0.25) is 5.91 Å². The average Bonchev–Trinajstić information content (AvgIpc) is 3.01. The third-order valence-corrected chi connectivity index (χ3v) is 4.15. The molecule has 0 spiro atoms. The molecule has 0 bridgehead atoms. The number of guanidine groups is 1. The highest BCUT2D eigenvalue weighted by Gasteiger charge is 2.41. The van der Waals surface area contributed by atoms with E-state index in [1.807, 2.05) is 6.92 Å². The lowest BCUT2D eigenvalue weighted by atomic mass is 9.85. The summed E-state index contributed by atoms with van der Waals surface area (Å²) in [4.78, 5) is 29.9. The van der Waals surface area contributed by atoms with Crippen molar-refractivity contribution in [2.45, 2.75) is 39.0 Å². The number of ether oxygens (including phenoxy) is 1. The van der Waals surface area contributed by atoms with Crippen molar-refractivity contribution in [2.75, 3.05) is 40.8 Å². The number of carbonyl (C=O) groups is 2. The molecule has 1 amide bonds. The minimum absolute atomic E-state index is 0.157. The van der Waals surface area contributed by atoms with Crippen LogP contribution < -0.4 is 10.6 Å². The van der Waals surface area contributed by atoms with Gasteiger partial charge in [0, 0.05) is 27.2 Å². The first-order valence-corrected chi connectivity index (χ1v) is 8.26. The molecule has 7 nitrogen and oxygen atoms in total. The van der Waals surface area contributed by atoms with E-state index in [0.717, 1.165) is 32.2 Å². The van der Waals surface area contributed by atoms with Crippen LogP contribution in [0, 0.1) is 5.41 Å². The van der Waals surface area contributed by atoms with Gasteiger partial charge in [-0.1, -0.05) is 12.8 Å². The molecular weight excluding hydrogens is 296 g/mol. The van der Waals surface area contributed by atoms with Crippen LogP contribution in [0.5, 0.6) is 0 Å². The molecule has 1 aliphatic rings. The van der Waals surface area contributed by atoms with Gasteiger partial charge >= 0.3 is 5.97 Å². The van der Waals surface area contributed by atoms with Crippen LogP contribution in [-0.4, -0.2) is 63.6 Å². The third-order valence-electron chi connectivity index (χ3n) is 4.15. The molecule has 0 atom stereocenters. The zero-order valence-corrected chi connectivity index (χ0v) is 14.8. The summed E-state index contributed by atoms with van der Waals surface area (Å²) in [5.74, 6) is 0.529. The highest BCUT2D eigenvalue weighted by atomic mass is 16.5. The summed E-state index contributed by atoms with van der Waals surface area (Å²) in [6.45, 7) is 3.62. The van der Waals surface area contributed by atoms with Crippen LogP contribution in [0.25, 0.3) is 0 Å². The Bertz CT molecular complexity index is 429. The fourth-order valence-electron chi connectivity index (χ4n) is 2.92. The highest BCUT2D eigenvalue weighted by Crippen LogP contribution is 2.39. The summed E-state index contributed by atoms with van der Waals surface area (Å²) in [5, 5.41) is 6.25. The number of carbonyl (C=O) groups excluding carboxylic acids is 2. The summed E-state index contributed by atoms with van der Waals surface area (Å²) < 4.78 is 4.62.